The lowest BCUT2D eigenvalue weighted by molar-refractivity contribution is -0.137. The average Bonchev–Trinajstić information content (AvgIpc) is 2.61. The van der Waals surface area contributed by atoms with E-state index in [0.29, 0.717) is 13.0 Å². The largest absolute Gasteiger partial charge is 0.368 e. The third kappa shape index (κ3) is 5.69. The van der Waals surface area contributed by atoms with Gasteiger partial charge in [0, 0.05) is 13.6 Å². The molecule has 0 bridgehead atoms. The lowest BCUT2D eigenvalue weighted by Crippen LogP contribution is -2.32. The van der Waals surface area contributed by atoms with Crippen molar-refractivity contribution >= 4 is 5.91 Å². The first-order chi connectivity index (χ1) is 8.24. The summed E-state index contributed by atoms with van der Waals surface area (Å²) in [7, 11) is 1.72. The van der Waals surface area contributed by atoms with E-state index in [1.165, 1.54) is 25.7 Å². The molecular formula is C13H22N2O2. The van der Waals surface area contributed by atoms with Crippen LogP contribution in [0.5, 0.6) is 0 Å². The lowest BCUT2D eigenvalue weighted by Gasteiger charge is -2.19. The van der Waals surface area contributed by atoms with E-state index < -0.39 is 0 Å². The predicted octanol–water partition coefficient (Wildman–Crippen LogP) is 2.10. The van der Waals surface area contributed by atoms with Gasteiger partial charge in [-0.1, -0.05) is 25.7 Å². The second-order valence-electron chi connectivity index (χ2n) is 4.65. The number of amides is 1. The SMILES string of the molecule is CN(CCC#N)C(=O)COC1CCCCCC1. The van der Waals surface area contributed by atoms with Crippen LogP contribution < -0.4 is 0 Å². The van der Waals surface area contributed by atoms with Gasteiger partial charge in [-0.15, -0.1) is 0 Å². The summed E-state index contributed by atoms with van der Waals surface area (Å²) in [5.74, 6) is -0.0236. The highest BCUT2D eigenvalue weighted by molar-refractivity contribution is 5.77. The van der Waals surface area contributed by atoms with Crippen LogP contribution in [0.4, 0.5) is 0 Å². The van der Waals surface area contributed by atoms with Gasteiger partial charge >= 0.3 is 0 Å². The van der Waals surface area contributed by atoms with Gasteiger partial charge in [-0.3, -0.25) is 4.79 Å². The van der Waals surface area contributed by atoms with E-state index in [2.05, 4.69) is 0 Å². The van der Waals surface area contributed by atoms with Crippen molar-refractivity contribution in [3.8, 4) is 6.07 Å². The van der Waals surface area contributed by atoms with Crippen molar-refractivity contribution in [1.82, 2.24) is 4.90 Å². The summed E-state index contributed by atoms with van der Waals surface area (Å²) in [6, 6.07) is 2.03. The van der Waals surface area contributed by atoms with Gasteiger partial charge in [0.25, 0.3) is 0 Å². The van der Waals surface area contributed by atoms with Gasteiger partial charge in [-0.05, 0) is 12.8 Å². The molecule has 0 aromatic heterocycles. The van der Waals surface area contributed by atoms with Crippen LogP contribution >= 0.6 is 0 Å². The Morgan fingerprint density at radius 1 is 1.35 bits per heavy atom. The van der Waals surface area contributed by atoms with E-state index in [0.717, 1.165) is 12.8 Å². The maximum Gasteiger partial charge on any atom is 0.248 e. The zero-order valence-electron chi connectivity index (χ0n) is 10.7. The minimum Gasteiger partial charge on any atom is -0.368 e. The molecule has 0 unspecified atom stereocenters. The second kappa shape index (κ2) is 8.08. The highest BCUT2D eigenvalue weighted by Crippen LogP contribution is 2.19. The molecule has 4 heteroatoms. The number of carbonyl (C=O) groups excluding carboxylic acids is 1. The molecule has 0 radical (unpaired) electrons. The number of rotatable bonds is 5. The Labute approximate surface area is 104 Å². The van der Waals surface area contributed by atoms with Crippen molar-refractivity contribution in [1.29, 1.82) is 5.26 Å². The molecule has 96 valence electrons. The Kier molecular flexibility index (Phi) is 6.64. The number of ether oxygens (including phenoxy) is 1. The highest BCUT2D eigenvalue weighted by atomic mass is 16.5. The molecule has 1 aliphatic carbocycles. The van der Waals surface area contributed by atoms with E-state index in [-0.39, 0.29) is 18.6 Å². The molecule has 4 nitrogen and oxygen atoms in total. The minimum atomic E-state index is -0.0236. The molecule has 0 saturated heterocycles. The van der Waals surface area contributed by atoms with Crippen LogP contribution in [0.1, 0.15) is 44.9 Å². The zero-order valence-corrected chi connectivity index (χ0v) is 10.7. The van der Waals surface area contributed by atoms with E-state index in [9.17, 15) is 4.79 Å². The van der Waals surface area contributed by atoms with E-state index >= 15 is 0 Å². The molecule has 0 aliphatic heterocycles. The maximum atomic E-state index is 11.7. The van der Waals surface area contributed by atoms with Crippen molar-refractivity contribution in [2.45, 2.75) is 51.0 Å². The summed E-state index contributed by atoms with van der Waals surface area (Å²) in [5, 5.41) is 8.44. The van der Waals surface area contributed by atoms with Crippen molar-refractivity contribution in [2.75, 3.05) is 20.2 Å². The Bertz CT molecular complexity index is 265. The van der Waals surface area contributed by atoms with Crippen LogP contribution in [0.15, 0.2) is 0 Å². The minimum absolute atomic E-state index is 0.0236. The normalized spacial score (nSPS) is 17.2. The quantitative estimate of drug-likeness (QED) is 0.689. The number of nitriles is 1. The molecule has 1 amide bonds. The highest BCUT2D eigenvalue weighted by Gasteiger charge is 2.15. The van der Waals surface area contributed by atoms with E-state index in [4.69, 9.17) is 10.00 Å². The second-order valence-corrected chi connectivity index (χ2v) is 4.65. The van der Waals surface area contributed by atoms with Crippen LogP contribution in [0.25, 0.3) is 0 Å². The zero-order chi connectivity index (χ0) is 12.5. The fourth-order valence-electron chi connectivity index (χ4n) is 2.05. The Morgan fingerprint density at radius 3 is 2.59 bits per heavy atom. The molecule has 1 fully saturated rings. The molecule has 1 rings (SSSR count). The third-order valence-electron chi connectivity index (χ3n) is 3.23. The molecule has 0 atom stereocenters. The molecule has 17 heavy (non-hydrogen) atoms. The number of carbonyl (C=O) groups is 1. The van der Waals surface area contributed by atoms with E-state index in [1.54, 1.807) is 11.9 Å². The van der Waals surface area contributed by atoms with Gasteiger partial charge in [0.15, 0.2) is 0 Å². The standard InChI is InChI=1S/C13H22N2O2/c1-15(10-6-9-14)13(16)11-17-12-7-4-2-3-5-8-12/h12H,2-8,10-11H2,1H3. The fourth-order valence-corrected chi connectivity index (χ4v) is 2.05. The van der Waals surface area contributed by atoms with Crippen LogP contribution in [0.2, 0.25) is 0 Å². The Hall–Kier alpha value is -1.08. The van der Waals surface area contributed by atoms with Gasteiger partial charge in [-0.25, -0.2) is 0 Å². The van der Waals surface area contributed by atoms with Gasteiger partial charge in [-0.2, -0.15) is 5.26 Å². The molecule has 0 aromatic carbocycles. The summed E-state index contributed by atoms with van der Waals surface area (Å²) in [6.45, 7) is 0.649. The van der Waals surface area contributed by atoms with Gasteiger partial charge in [0.05, 0.1) is 18.6 Å². The number of hydrogen-bond acceptors (Lipinski definition) is 3. The number of nitrogens with zero attached hydrogens (tertiary/aromatic N) is 2. The van der Waals surface area contributed by atoms with Crippen LogP contribution in [0.3, 0.4) is 0 Å². The Morgan fingerprint density at radius 2 is 2.00 bits per heavy atom. The molecular weight excluding hydrogens is 216 g/mol. The fraction of sp³-hybridized carbons (Fsp3) is 0.846. The maximum absolute atomic E-state index is 11.7. The molecule has 0 heterocycles. The van der Waals surface area contributed by atoms with Crippen molar-refractivity contribution in [2.24, 2.45) is 0 Å². The number of likely N-dealkylation sites (N-methyl/N-ethyl adjacent to an activating group) is 1. The average molecular weight is 238 g/mol. The summed E-state index contributed by atoms with van der Waals surface area (Å²) in [4.78, 5) is 13.2. The molecule has 0 spiro atoms. The van der Waals surface area contributed by atoms with Crippen LogP contribution in [-0.2, 0) is 9.53 Å². The van der Waals surface area contributed by atoms with Gasteiger partial charge in [0.2, 0.25) is 5.91 Å². The molecule has 0 aromatic rings. The predicted molar refractivity (Wildman–Crippen MR) is 65.3 cm³/mol. The van der Waals surface area contributed by atoms with Crippen molar-refractivity contribution < 1.29 is 9.53 Å². The first-order valence-corrected chi connectivity index (χ1v) is 6.46. The van der Waals surface area contributed by atoms with Crippen LogP contribution in [-0.4, -0.2) is 37.1 Å². The lowest BCUT2D eigenvalue weighted by atomic mass is 10.1. The first kappa shape index (κ1) is 14.0. The topological polar surface area (TPSA) is 53.3 Å². The monoisotopic (exact) mass is 238 g/mol. The Balaban J connectivity index is 2.19. The van der Waals surface area contributed by atoms with Crippen molar-refractivity contribution in [3.63, 3.8) is 0 Å². The van der Waals surface area contributed by atoms with Gasteiger partial charge < -0.3 is 9.64 Å². The van der Waals surface area contributed by atoms with Crippen molar-refractivity contribution in [3.05, 3.63) is 0 Å². The summed E-state index contributed by atoms with van der Waals surface area (Å²) in [6.07, 6.45) is 7.79. The summed E-state index contributed by atoms with van der Waals surface area (Å²) < 4.78 is 5.65. The number of hydrogen-bond donors (Lipinski definition) is 0. The van der Waals surface area contributed by atoms with Gasteiger partial charge in [0.1, 0.15) is 6.61 Å². The summed E-state index contributed by atoms with van der Waals surface area (Å²) in [5.41, 5.74) is 0. The summed E-state index contributed by atoms with van der Waals surface area (Å²) >= 11 is 0. The molecule has 1 aliphatic rings. The van der Waals surface area contributed by atoms with Crippen LogP contribution in [0, 0.1) is 11.3 Å². The molecule has 0 N–H and O–H groups in total. The third-order valence-corrected chi connectivity index (χ3v) is 3.23. The van der Waals surface area contributed by atoms with E-state index in [1.807, 2.05) is 6.07 Å². The first-order valence-electron chi connectivity index (χ1n) is 6.46. The smallest absolute Gasteiger partial charge is 0.248 e. The molecule has 1 saturated carbocycles.